The summed E-state index contributed by atoms with van der Waals surface area (Å²) in [7, 11) is -1.68. The summed E-state index contributed by atoms with van der Waals surface area (Å²) in [5.74, 6) is -1.02. The molecule has 2 fully saturated rings. The summed E-state index contributed by atoms with van der Waals surface area (Å²) < 4.78 is 6.36. The summed E-state index contributed by atoms with van der Waals surface area (Å²) in [5.41, 5.74) is 5.38. The van der Waals surface area contributed by atoms with Crippen molar-refractivity contribution in [3.63, 3.8) is 0 Å². The molecule has 204 valence electrons. The molecule has 7 nitrogen and oxygen atoms in total. The normalized spacial score (nSPS) is 25.0. The van der Waals surface area contributed by atoms with Gasteiger partial charge in [0.05, 0.1) is 30.2 Å². The van der Waals surface area contributed by atoms with Gasteiger partial charge in [-0.05, 0) is 72.5 Å². The number of aromatic hydroxyl groups is 1. The van der Waals surface area contributed by atoms with Crippen LogP contribution in [-0.2, 0) is 14.3 Å². The van der Waals surface area contributed by atoms with Gasteiger partial charge in [-0.25, -0.2) is 0 Å². The highest BCUT2D eigenvalue weighted by Crippen LogP contribution is 2.51. The van der Waals surface area contributed by atoms with Gasteiger partial charge >= 0.3 is 7.12 Å². The zero-order valence-corrected chi connectivity index (χ0v) is 22.7. The molecule has 4 atom stereocenters. The van der Waals surface area contributed by atoms with Gasteiger partial charge in [0.2, 0.25) is 11.8 Å². The van der Waals surface area contributed by atoms with E-state index in [0.717, 1.165) is 24.8 Å². The van der Waals surface area contributed by atoms with Crippen LogP contribution in [0.15, 0.2) is 65.3 Å². The Hall–Kier alpha value is -3.20. The SMILES string of the molecule is CC/C(=C\c1ccc(O)cc1)CC[C@H]1OC[C@H]2C1=C(C(C)C)C[C@H]1C(=O)N(c3cccc(B(O)O)c3)C(=O)[C@H]12. The summed E-state index contributed by atoms with van der Waals surface area (Å²) in [5, 5.41) is 28.8. The van der Waals surface area contributed by atoms with E-state index in [1.54, 1.807) is 30.3 Å². The first kappa shape index (κ1) is 27.4. The third-order valence-electron chi connectivity index (χ3n) is 8.51. The third kappa shape index (κ3) is 5.21. The second-order valence-corrected chi connectivity index (χ2v) is 11.2. The van der Waals surface area contributed by atoms with Crippen LogP contribution in [0.4, 0.5) is 5.69 Å². The molecular weight excluding hydrogens is 493 g/mol. The van der Waals surface area contributed by atoms with Gasteiger partial charge in [-0.2, -0.15) is 0 Å². The van der Waals surface area contributed by atoms with Crippen molar-refractivity contribution in [1.29, 1.82) is 0 Å². The molecule has 2 aliphatic heterocycles. The molecule has 39 heavy (non-hydrogen) atoms. The molecule has 2 aromatic rings. The maximum Gasteiger partial charge on any atom is 0.488 e. The molecule has 8 heteroatoms. The highest BCUT2D eigenvalue weighted by molar-refractivity contribution is 6.58. The molecule has 1 aliphatic carbocycles. The quantitative estimate of drug-likeness (QED) is 0.273. The van der Waals surface area contributed by atoms with Gasteiger partial charge in [-0.3, -0.25) is 14.5 Å². The Morgan fingerprint density at radius 1 is 1.10 bits per heavy atom. The number of phenols is 1. The van der Waals surface area contributed by atoms with Gasteiger partial charge in [-0.1, -0.05) is 62.3 Å². The predicted molar refractivity (Wildman–Crippen MR) is 151 cm³/mol. The third-order valence-corrected chi connectivity index (χ3v) is 8.51. The first-order valence-electron chi connectivity index (χ1n) is 13.9. The summed E-state index contributed by atoms with van der Waals surface area (Å²) in [6.07, 6.45) is 5.18. The first-order chi connectivity index (χ1) is 18.7. The van der Waals surface area contributed by atoms with Crippen LogP contribution in [0.25, 0.3) is 6.08 Å². The standard InChI is InChI=1S/C31H36BNO6/c1-4-19(14-20-8-11-23(34)12-9-20)10-13-27-28-24(18(2)3)16-25-29(26(28)17-39-27)31(36)33(30(25)35)22-7-5-6-21(15-22)32(37)38/h5-9,11-12,14-15,18,25-27,29,34,37-38H,4,10,13,16-17H2,1-3H3/b19-14+/t25-,26+,27-,29-/m1/s1. The number of fused-ring (bicyclic) bond motifs is 3. The Kier molecular flexibility index (Phi) is 7.81. The van der Waals surface area contributed by atoms with E-state index in [1.165, 1.54) is 27.7 Å². The lowest BCUT2D eigenvalue weighted by molar-refractivity contribution is -0.122. The van der Waals surface area contributed by atoms with E-state index >= 15 is 0 Å². The topological polar surface area (TPSA) is 107 Å². The maximum absolute atomic E-state index is 13.8. The molecule has 3 aliphatic rings. The first-order valence-corrected chi connectivity index (χ1v) is 13.9. The largest absolute Gasteiger partial charge is 0.508 e. The van der Waals surface area contributed by atoms with E-state index in [4.69, 9.17) is 4.74 Å². The molecule has 2 aromatic carbocycles. The van der Waals surface area contributed by atoms with Crippen LogP contribution < -0.4 is 10.4 Å². The number of amides is 2. The van der Waals surface area contributed by atoms with Crippen molar-refractivity contribution in [2.45, 2.75) is 52.6 Å². The van der Waals surface area contributed by atoms with Crippen molar-refractivity contribution in [2.75, 3.05) is 11.5 Å². The molecule has 0 saturated carbocycles. The molecule has 0 radical (unpaired) electrons. The fraction of sp³-hybridized carbons (Fsp3) is 0.419. The molecule has 0 aromatic heterocycles. The lowest BCUT2D eigenvalue weighted by atomic mass is 9.67. The molecular formula is C31H36BNO6. The number of nitrogens with zero attached hydrogens (tertiary/aromatic N) is 1. The number of imide groups is 1. The van der Waals surface area contributed by atoms with Crippen molar-refractivity contribution in [1.82, 2.24) is 0 Å². The molecule has 5 rings (SSSR count). The molecule has 2 saturated heterocycles. The molecule has 0 bridgehead atoms. The fourth-order valence-corrected chi connectivity index (χ4v) is 6.51. The van der Waals surface area contributed by atoms with Crippen LogP contribution >= 0.6 is 0 Å². The van der Waals surface area contributed by atoms with Crippen LogP contribution in [0.5, 0.6) is 5.75 Å². The second kappa shape index (κ2) is 11.1. The minimum absolute atomic E-state index is 0.0899. The highest BCUT2D eigenvalue weighted by atomic mass is 16.5. The number of ether oxygens (including phenoxy) is 1. The zero-order chi connectivity index (χ0) is 27.8. The molecule has 3 N–H and O–H groups in total. The number of phenolic OH excluding ortho intramolecular Hbond substituents is 1. The van der Waals surface area contributed by atoms with E-state index in [0.29, 0.717) is 18.7 Å². The number of benzene rings is 2. The Labute approximate surface area is 229 Å². The minimum Gasteiger partial charge on any atom is -0.508 e. The van der Waals surface area contributed by atoms with Gasteiger partial charge in [0.1, 0.15) is 5.75 Å². The Bertz CT molecular complexity index is 1310. The molecule has 2 amide bonds. The zero-order valence-electron chi connectivity index (χ0n) is 22.7. The number of carbonyl (C=O) groups is 2. The molecule has 0 unspecified atom stereocenters. The maximum atomic E-state index is 13.8. The highest BCUT2D eigenvalue weighted by Gasteiger charge is 2.57. The summed E-state index contributed by atoms with van der Waals surface area (Å²) in [6, 6.07) is 13.5. The van der Waals surface area contributed by atoms with E-state index in [2.05, 4.69) is 26.8 Å². The lowest BCUT2D eigenvalue weighted by Crippen LogP contribution is -2.36. The van der Waals surface area contributed by atoms with Crippen molar-refractivity contribution >= 4 is 36.2 Å². The van der Waals surface area contributed by atoms with E-state index in [9.17, 15) is 24.7 Å². The Morgan fingerprint density at radius 3 is 2.51 bits per heavy atom. The van der Waals surface area contributed by atoms with E-state index < -0.39 is 19.0 Å². The number of carbonyl (C=O) groups excluding carboxylic acids is 2. The van der Waals surface area contributed by atoms with E-state index in [-0.39, 0.29) is 41.0 Å². The van der Waals surface area contributed by atoms with Gasteiger partial charge < -0.3 is 19.9 Å². The predicted octanol–water partition coefficient (Wildman–Crippen LogP) is 3.82. The molecule has 2 heterocycles. The smallest absolute Gasteiger partial charge is 0.488 e. The second-order valence-electron chi connectivity index (χ2n) is 11.2. The lowest BCUT2D eigenvalue weighted by Gasteiger charge is -2.33. The Morgan fingerprint density at radius 2 is 1.85 bits per heavy atom. The minimum atomic E-state index is -1.68. The van der Waals surface area contributed by atoms with Crippen LogP contribution in [-0.4, -0.2) is 46.8 Å². The van der Waals surface area contributed by atoms with Gasteiger partial charge in [0, 0.05) is 5.92 Å². The van der Waals surface area contributed by atoms with Crippen LogP contribution in [0, 0.1) is 23.7 Å². The van der Waals surface area contributed by atoms with Crippen LogP contribution in [0.2, 0.25) is 0 Å². The Balaban J connectivity index is 1.39. The number of hydrogen-bond donors (Lipinski definition) is 3. The van der Waals surface area contributed by atoms with Crippen molar-refractivity contribution in [2.24, 2.45) is 23.7 Å². The van der Waals surface area contributed by atoms with Crippen LogP contribution in [0.1, 0.15) is 52.0 Å². The number of rotatable bonds is 8. The van der Waals surface area contributed by atoms with E-state index in [1.807, 2.05) is 12.1 Å². The number of hydrogen-bond acceptors (Lipinski definition) is 6. The average Bonchev–Trinajstić information content (AvgIpc) is 3.45. The monoisotopic (exact) mass is 529 g/mol. The number of anilines is 1. The van der Waals surface area contributed by atoms with Gasteiger partial charge in [0.15, 0.2) is 0 Å². The fourth-order valence-electron chi connectivity index (χ4n) is 6.51. The van der Waals surface area contributed by atoms with Crippen molar-refractivity contribution in [3.8, 4) is 5.75 Å². The summed E-state index contributed by atoms with van der Waals surface area (Å²) in [4.78, 5) is 28.6. The number of allylic oxidation sites excluding steroid dienone is 2. The van der Waals surface area contributed by atoms with Gasteiger partial charge in [0.25, 0.3) is 0 Å². The summed E-state index contributed by atoms with van der Waals surface area (Å²) >= 11 is 0. The van der Waals surface area contributed by atoms with Crippen molar-refractivity contribution in [3.05, 3.63) is 70.8 Å². The van der Waals surface area contributed by atoms with Crippen LogP contribution in [0.3, 0.4) is 0 Å². The molecule has 0 spiro atoms. The average molecular weight is 529 g/mol. The van der Waals surface area contributed by atoms with Gasteiger partial charge in [-0.15, -0.1) is 0 Å². The summed E-state index contributed by atoms with van der Waals surface area (Å²) in [6.45, 7) is 6.84. The van der Waals surface area contributed by atoms with Crippen molar-refractivity contribution < 1.29 is 29.5 Å².